The Kier molecular flexibility index (Phi) is 8.89. The highest BCUT2D eigenvalue weighted by atomic mass is 32.2. The van der Waals surface area contributed by atoms with Crippen LogP contribution in [-0.4, -0.2) is 84.2 Å². The van der Waals surface area contributed by atoms with Crippen molar-refractivity contribution in [3.8, 4) is 0 Å². The van der Waals surface area contributed by atoms with Gasteiger partial charge in [0.15, 0.2) is 0 Å². The fourth-order valence-electron chi connectivity index (χ4n) is 4.31. The van der Waals surface area contributed by atoms with E-state index in [1.54, 1.807) is 12.1 Å². The van der Waals surface area contributed by atoms with Crippen molar-refractivity contribution in [3.63, 3.8) is 0 Å². The Morgan fingerprint density at radius 1 is 1.00 bits per heavy atom. The highest BCUT2D eigenvalue weighted by Crippen LogP contribution is 2.33. The van der Waals surface area contributed by atoms with Crippen molar-refractivity contribution >= 4 is 20.0 Å². The minimum absolute atomic E-state index is 0.0949. The predicted molar refractivity (Wildman–Crippen MR) is 121 cm³/mol. The number of benzene rings is 1. The molecule has 8 nitrogen and oxygen atoms in total. The van der Waals surface area contributed by atoms with E-state index in [0.717, 1.165) is 12.8 Å². The Morgan fingerprint density at radius 2 is 1.65 bits per heavy atom. The summed E-state index contributed by atoms with van der Waals surface area (Å²) in [6.45, 7) is 2.26. The fraction of sp³-hybridized carbons (Fsp3) is 0.714. The summed E-state index contributed by atoms with van der Waals surface area (Å²) in [6, 6.07) is 7.14. The molecule has 0 aromatic heterocycles. The minimum atomic E-state index is -3.82. The molecule has 1 heterocycles. The average Bonchev–Trinajstić information content (AvgIpc) is 2.80. The van der Waals surface area contributed by atoms with Gasteiger partial charge in [-0.25, -0.2) is 16.8 Å². The van der Waals surface area contributed by atoms with Crippen molar-refractivity contribution in [2.45, 2.75) is 42.9 Å². The molecule has 1 aromatic rings. The summed E-state index contributed by atoms with van der Waals surface area (Å²) in [7, 11) is -5.84. The lowest BCUT2D eigenvalue weighted by Crippen LogP contribution is -2.48. The summed E-state index contributed by atoms with van der Waals surface area (Å²) in [5.41, 5.74) is 1.18. The number of hydrogen-bond acceptors (Lipinski definition) is 6. The largest absolute Gasteiger partial charge is 0.383 e. The Hall–Kier alpha value is -1.04. The molecule has 176 valence electrons. The standard InChI is InChI=1S/C21H35N3O5S2/c1-29-17-15-24(16-18-30(25,26)23-13-11-22-12-14-23)31(27,28)21-9-7-20(8-10-21)19-5-3-2-4-6-19/h7-10,19,22H,2-6,11-18H2,1H3. The van der Waals surface area contributed by atoms with Gasteiger partial charge in [0.2, 0.25) is 20.0 Å². The highest BCUT2D eigenvalue weighted by Gasteiger charge is 2.29. The normalized spacial score (nSPS) is 19.7. The molecule has 1 saturated carbocycles. The topological polar surface area (TPSA) is 96.0 Å². The van der Waals surface area contributed by atoms with Crippen molar-refractivity contribution in [1.29, 1.82) is 0 Å². The molecule has 0 bridgehead atoms. The Balaban J connectivity index is 1.72. The van der Waals surface area contributed by atoms with E-state index in [9.17, 15) is 16.8 Å². The SMILES string of the molecule is COCCN(CCS(=O)(=O)N1CCNCC1)S(=O)(=O)c1ccc(C2CCCCC2)cc1. The molecule has 2 aliphatic rings. The van der Waals surface area contributed by atoms with Gasteiger partial charge in [-0.3, -0.25) is 0 Å². The van der Waals surface area contributed by atoms with Crippen LogP contribution in [0.4, 0.5) is 0 Å². The van der Waals surface area contributed by atoms with E-state index in [1.165, 1.54) is 40.5 Å². The predicted octanol–water partition coefficient (Wildman–Crippen LogP) is 1.61. The van der Waals surface area contributed by atoms with Crippen LogP contribution in [0.25, 0.3) is 0 Å². The molecule has 0 spiro atoms. The molecule has 1 aliphatic carbocycles. The van der Waals surface area contributed by atoms with E-state index in [-0.39, 0.29) is 30.3 Å². The molecule has 0 amide bonds. The maximum absolute atomic E-state index is 13.3. The monoisotopic (exact) mass is 473 g/mol. The Morgan fingerprint density at radius 3 is 2.26 bits per heavy atom. The van der Waals surface area contributed by atoms with Gasteiger partial charge in [-0.2, -0.15) is 8.61 Å². The van der Waals surface area contributed by atoms with E-state index in [4.69, 9.17) is 4.74 Å². The molecule has 1 saturated heterocycles. The van der Waals surface area contributed by atoms with Crippen molar-refractivity contribution in [3.05, 3.63) is 29.8 Å². The number of piperazine rings is 1. The summed E-state index contributed by atoms with van der Waals surface area (Å²) >= 11 is 0. The van der Waals surface area contributed by atoms with E-state index in [2.05, 4.69) is 5.32 Å². The molecule has 2 fully saturated rings. The maximum atomic E-state index is 13.3. The number of hydrogen-bond donors (Lipinski definition) is 1. The second kappa shape index (κ2) is 11.2. The van der Waals surface area contributed by atoms with E-state index >= 15 is 0 Å². The van der Waals surface area contributed by atoms with E-state index in [0.29, 0.717) is 32.1 Å². The van der Waals surface area contributed by atoms with Crippen molar-refractivity contribution in [2.75, 3.05) is 58.7 Å². The van der Waals surface area contributed by atoms with Crippen LogP contribution in [0, 0.1) is 0 Å². The molecule has 3 rings (SSSR count). The zero-order valence-electron chi connectivity index (χ0n) is 18.3. The first-order chi connectivity index (χ1) is 14.8. The first-order valence-corrected chi connectivity index (χ1v) is 14.2. The third-order valence-electron chi connectivity index (χ3n) is 6.21. The van der Waals surface area contributed by atoms with Gasteiger partial charge >= 0.3 is 0 Å². The van der Waals surface area contributed by atoms with Crippen LogP contribution in [0.3, 0.4) is 0 Å². The van der Waals surface area contributed by atoms with Crippen molar-refractivity contribution in [2.24, 2.45) is 0 Å². The third kappa shape index (κ3) is 6.49. The molecular formula is C21H35N3O5S2. The lowest BCUT2D eigenvalue weighted by atomic mass is 9.84. The van der Waals surface area contributed by atoms with Crippen LogP contribution in [0.15, 0.2) is 29.2 Å². The second-order valence-corrected chi connectivity index (χ2v) is 12.3. The van der Waals surface area contributed by atoms with Crippen LogP contribution in [0.2, 0.25) is 0 Å². The second-order valence-electron chi connectivity index (χ2n) is 8.27. The average molecular weight is 474 g/mol. The molecule has 1 N–H and O–H groups in total. The van der Waals surface area contributed by atoms with Crippen molar-refractivity contribution < 1.29 is 21.6 Å². The van der Waals surface area contributed by atoms with Crippen LogP contribution in [-0.2, 0) is 24.8 Å². The molecule has 31 heavy (non-hydrogen) atoms. The Bertz CT molecular complexity index is 891. The van der Waals surface area contributed by atoms with Crippen molar-refractivity contribution in [1.82, 2.24) is 13.9 Å². The van der Waals surface area contributed by atoms with E-state index < -0.39 is 20.0 Å². The molecule has 1 aliphatic heterocycles. The highest BCUT2D eigenvalue weighted by molar-refractivity contribution is 7.90. The van der Waals surface area contributed by atoms with Crippen LogP contribution < -0.4 is 5.32 Å². The first-order valence-electron chi connectivity index (χ1n) is 11.1. The van der Waals surface area contributed by atoms with Crippen LogP contribution >= 0.6 is 0 Å². The molecule has 0 atom stereocenters. The minimum Gasteiger partial charge on any atom is -0.383 e. The molecule has 0 radical (unpaired) electrons. The number of rotatable bonds is 10. The molecular weight excluding hydrogens is 438 g/mol. The molecule has 10 heteroatoms. The zero-order chi connectivity index (χ0) is 22.3. The molecule has 1 aromatic carbocycles. The van der Waals surface area contributed by atoms with Gasteiger partial charge in [0.25, 0.3) is 0 Å². The van der Waals surface area contributed by atoms with Gasteiger partial charge in [0.1, 0.15) is 0 Å². The number of nitrogens with one attached hydrogen (secondary N) is 1. The number of ether oxygens (including phenoxy) is 1. The zero-order valence-corrected chi connectivity index (χ0v) is 20.0. The van der Waals surface area contributed by atoms with Gasteiger partial charge < -0.3 is 10.1 Å². The Labute approximate surface area is 187 Å². The summed E-state index contributed by atoms with van der Waals surface area (Å²) in [5, 5.41) is 3.12. The summed E-state index contributed by atoms with van der Waals surface area (Å²) in [5.74, 6) is 0.259. The number of nitrogens with zero attached hydrogens (tertiary/aromatic N) is 2. The quantitative estimate of drug-likeness (QED) is 0.555. The van der Waals surface area contributed by atoms with Gasteiger partial charge in [0.05, 0.1) is 17.3 Å². The first kappa shape index (κ1) is 24.6. The lowest BCUT2D eigenvalue weighted by molar-refractivity contribution is 0.180. The van der Waals surface area contributed by atoms with Gasteiger partial charge in [-0.05, 0) is 36.5 Å². The molecule has 0 unspecified atom stereocenters. The third-order valence-corrected chi connectivity index (χ3v) is 9.97. The summed E-state index contributed by atoms with van der Waals surface area (Å²) in [4.78, 5) is 0.197. The van der Waals surface area contributed by atoms with Gasteiger partial charge in [-0.15, -0.1) is 0 Å². The summed E-state index contributed by atoms with van der Waals surface area (Å²) in [6.07, 6.45) is 6.01. The van der Waals surface area contributed by atoms with Crippen LogP contribution in [0.1, 0.15) is 43.6 Å². The maximum Gasteiger partial charge on any atom is 0.243 e. The van der Waals surface area contributed by atoms with E-state index in [1.807, 2.05) is 12.1 Å². The fourth-order valence-corrected chi connectivity index (χ4v) is 7.30. The van der Waals surface area contributed by atoms with Gasteiger partial charge in [-0.1, -0.05) is 31.4 Å². The smallest absolute Gasteiger partial charge is 0.243 e. The van der Waals surface area contributed by atoms with Gasteiger partial charge in [0, 0.05) is 46.4 Å². The summed E-state index contributed by atoms with van der Waals surface area (Å²) < 4.78 is 59.7. The van der Waals surface area contributed by atoms with Crippen LogP contribution in [0.5, 0.6) is 0 Å². The lowest BCUT2D eigenvalue weighted by Gasteiger charge is -2.28. The number of methoxy groups -OCH3 is 1. The number of sulfonamides is 2.